The van der Waals surface area contributed by atoms with E-state index in [0.717, 1.165) is 11.1 Å². The van der Waals surface area contributed by atoms with E-state index < -0.39 is 17.1 Å². The fraction of sp³-hybridized carbons (Fsp3) is 0.250. The summed E-state index contributed by atoms with van der Waals surface area (Å²) in [6.07, 6.45) is 0.554. The zero-order valence-electron chi connectivity index (χ0n) is 20.4. The van der Waals surface area contributed by atoms with E-state index in [1.807, 2.05) is 30.3 Å². The molecule has 196 valence electrons. The molecular weight excluding hydrogens is 498 g/mol. The lowest BCUT2D eigenvalue weighted by molar-refractivity contribution is -0.384. The molecule has 2 aliphatic heterocycles. The van der Waals surface area contributed by atoms with Gasteiger partial charge in [0.2, 0.25) is 0 Å². The number of nitrogens with zero attached hydrogens (tertiary/aromatic N) is 6. The van der Waals surface area contributed by atoms with E-state index in [2.05, 4.69) is 15.6 Å². The van der Waals surface area contributed by atoms with Crippen molar-refractivity contribution in [1.29, 1.82) is 0 Å². The smallest absolute Gasteiger partial charge is 0.393 e. The number of amides is 2. The number of non-ortho nitro benzene ring substituents is 1. The molecule has 14 nitrogen and oxygen atoms in total. The van der Waals surface area contributed by atoms with E-state index in [-0.39, 0.29) is 36.0 Å². The maximum absolute atomic E-state index is 13.4. The molecule has 1 saturated heterocycles. The van der Waals surface area contributed by atoms with E-state index in [0.29, 0.717) is 12.2 Å². The fourth-order valence-corrected chi connectivity index (χ4v) is 4.45. The number of aryl methyl sites for hydroxylation is 1. The summed E-state index contributed by atoms with van der Waals surface area (Å²) in [6.45, 7) is 0.521. The number of aliphatic imine (C=N–C) groups is 1. The number of hydrogen-bond acceptors (Lipinski definition) is 9. The average Bonchev–Trinajstić information content (AvgIpc) is 3.44. The Bertz CT molecular complexity index is 1390. The number of carbonyl (C=O) groups excluding carboxylic acids is 2. The molecule has 0 spiro atoms. The van der Waals surface area contributed by atoms with Gasteiger partial charge >= 0.3 is 12.2 Å². The highest BCUT2D eigenvalue weighted by Gasteiger charge is 2.52. The molecule has 3 heterocycles. The van der Waals surface area contributed by atoms with Crippen LogP contribution in [0.1, 0.15) is 28.9 Å². The molecule has 2 aliphatic rings. The standard InChI is InChI=1S/C24H23N7O7/c1-25-22(27-38-24(33)37-17-10-8-16(9-11-17)31(34)35)21-20-18(12-26-28(20)2)19-13-29(21)23(32)30(19)36-14-15-6-4-3-5-7-15/h3-12,19,21H,13-14H2,1-2H3,(H,25,27)/t19?,21-/m0/s1. The molecule has 2 atom stereocenters. The van der Waals surface area contributed by atoms with E-state index >= 15 is 0 Å². The minimum atomic E-state index is -1.13. The van der Waals surface area contributed by atoms with Gasteiger partial charge in [-0.3, -0.25) is 24.6 Å². The summed E-state index contributed by atoms with van der Waals surface area (Å²) in [5.41, 5.74) is 4.72. The van der Waals surface area contributed by atoms with E-state index in [1.54, 1.807) is 22.8 Å². The molecule has 3 aromatic rings. The number of aromatic nitrogens is 2. The predicted octanol–water partition coefficient (Wildman–Crippen LogP) is 3.04. The van der Waals surface area contributed by atoms with Crippen molar-refractivity contribution < 1.29 is 28.9 Å². The topological polar surface area (TPSA) is 154 Å². The number of rotatable bonds is 6. The Hall–Kier alpha value is -4.98. The normalized spacial score (nSPS) is 18.3. The summed E-state index contributed by atoms with van der Waals surface area (Å²) in [5.74, 6) is 0.208. The van der Waals surface area contributed by atoms with Crippen molar-refractivity contribution in [2.24, 2.45) is 12.0 Å². The van der Waals surface area contributed by atoms with E-state index in [4.69, 9.17) is 14.4 Å². The molecule has 0 saturated carbocycles. The van der Waals surface area contributed by atoms with Crippen molar-refractivity contribution in [2.75, 3.05) is 13.6 Å². The van der Waals surface area contributed by atoms with Crippen LogP contribution < -0.4 is 10.2 Å². The molecule has 5 rings (SSSR count). The molecule has 0 aliphatic carbocycles. The second-order valence-corrected chi connectivity index (χ2v) is 8.46. The van der Waals surface area contributed by atoms with Crippen LogP contribution in [-0.2, 0) is 23.3 Å². The van der Waals surface area contributed by atoms with Crippen LogP contribution in [0.4, 0.5) is 15.3 Å². The first-order valence-corrected chi connectivity index (χ1v) is 11.5. The Kier molecular flexibility index (Phi) is 6.62. The van der Waals surface area contributed by atoms with Gasteiger partial charge in [-0.15, -0.1) is 0 Å². The van der Waals surface area contributed by atoms with E-state index in [1.165, 1.54) is 36.4 Å². The number of fused-ring (bicyclic) bond motifs is 4. The second kappa shape index (κ2) is 10.2. The third kappa shape index (κ3) is 4.59. The molecule has 2 bridgehead atoms. The van der Waals surface area contributed by atoms with Crippen LogP contribution in [0.15, 0.2) is 65.8 Å². The minimum absolute atomic E-state index is 0.0488. The van der Waals surface area contributed by atoms with Gasteiger partial charge in [0.05, 0.1) is 23.4 Å². The Balaban J connectivity index is 1.30. The molecule has 0 radical (unpaired) electrons. The Morgan fingerprint density at radius 2 is 1.95 bits per heavy atom. The fourth-order valence-electron chi connectivity index (χ4n) is 4.45. The first-order chi connectivity index (χ1) is 18.4. The third-order valence-corrected chi connectivity index (χ3v) is 6.23. The van der Waals surface area contributed by atoms with Crippen molar-refractivity contribution >= 4 is 23.7 Å². The summed E-state index contributed by atoms with van der Waals surface area (Å²) >= 11 is 0. The number of nitro groups is 1. The average molecular weight is 521 g/mol. The predicted molar refractivity (Wildman–Crippen MR) is 131 cm³/mol. The number of benzene rings is 2. The second-order valence-electron chi connectivity index (χ2n) is 8.46. The summed E-state index contributed by atoms with van der Waals surface area (Å²) in [4.78, 5) is 52.6. The van der Waals surface area contributed by atoms with Crippen LogP contribution in [0.5, 0.6) is 5.75 Å². The lowest BCUT2D eigenvalue weighted by Gasteiger charge is -2.31. The maximum atomic E-state index is 13.4. The quantitative estimate of drug-likeness (QED) is 0.129. The lowest BCUT2D eigenvalue weighted by Crippen LogP contribution is -2.45. The Labute approximate surface area is 216 Å². The maximum Gasteiger partial charge on any atom is 0.538 e. The monoisotopic (exact) mass is 521 g/mol. The van der Waals surface area contributed by atoms with Gasteiger partial charge in [-0.2, -0.15) is 15.6 Å². The minimum Gasteiger partial charge on any atom is -0.393 e. The van der Waals surface area contributed by atoms with Crippen molar-refractivity contribution in [3.63, 3.8) is 0 Å². The lowest BCUT2D eigenvalue weighted by atomic mass is 9.97. The number of amidine groups is 1. The van der Waals surface area contributed by atoms with Crippen LogP contribution in [0.2, 0.25) is 0 Å². The largest absolute Gasteiger partial charge is 0.538 e. The molecule has 2 aromatic carbocycles. The summed E-state index contributed by atoms with van der Waals surface area (Å²) in [7, 11) is 3.23. The van der Waals surface area contributed by atoms with Crippen molar-refractivity contribution in [3.05, 3.63) is 87.7 Å². The highest BCUT2D eigenvalue weighted by Crippen LogP contribution is 2.44. The van der Waals surface area contributed by atoms with Crippen LogP contribution >= 0.6 is 0 Å². The zero-order chi connectivity index (χ0) is 26.8. The Morgan fingerprint density at radius 1 is 1.21 bits per heavy atom. The number of hydroxylamine groups is 3. The molecule has 1 unspecified atom stereocenters. The molecule has 1 fully saturated rings. The van der Waals surface area contributed by atoms with Gasteiger partial charge in [0.1, 0.15) is 24.4 Å². The van der Waals surface area contributed by atoms with Crippen LogP contribution in [0, 0.1) is 10.1 Å². The first-order valence-electron chi connectivity index (χ1n) is 11.5. The van der Waals surface area contributed by atoms with Crippen LogP contribution in [0.25, 0.3) is 0 Å². The summed E-state index contributed by atoms with van der Waals surface area (Å²) in [5, 5.41) is 16.5. The zero-order valence-corrected chi connectivity index (χ0v) is 20.4. The van der Waals surface area contributed by atoms with Crippen molar-refractivity contribution in [2.45, 2.75) is 18.7 Å². The molecule has 1 N–H and O–H groups in total. The SMILES string of the molecule is CN=C(NOC(=O)Oc1ccc([N+](=O)[O-])cc1)[C@@H]1c2c(cnn2C)C2CN1C(=O)N2OCc1ccccc1. The van der Waals surface area contributed by atoms with E-state index in [9.17, 15) is 19.7 Å². The first kappa shape index (κ1) is 24.7. The van der Waals surface area contributed by atoms with Gasteiger partial charge in [0.15, 0.2) is 5.84 Å². The van der Waals surface area contributed by atoms with Gasteiger partial charge in [0.25, 0.3) is 5.69 Å². The Morgan fingerprint density at radius 3 is 2.63 bits per heavy atom. The number of urea groups is 1. The number of carbonyl (C=O) groups is 2. The number of nitro benzene ring substituents is 1. The van der Waals surface area contributed by atoms with Gasteiger partial charge in [0, 0.05) is 31.8 Å². The van der Waals surface area contributed by atoms with Crippen LogP contribution in [-0.4, -0.2) is 56.3 Å². The third-order valence-electron chi connectivity index (χ3n) is 6.23. The molecule has 1 aromatic heterocycles. The number of ether oxygens (including phenoxy) is 1. The van der Waals surface area contributed by atoms with Gasteiger partial charge in [-0.1, -0.05) is 30.3 Å². The van der Waals surface area contributed by atoms with Gasteiger partial charge < -0.3 is 14.5 Å². The van der Waals surface area contributed by atoms with Crippen LogP contribution in [0.3, 0.4) is 0 Å². The highest BCUT2D eigenvalue weighted by molar-refractivity contribution is 5.93. The van der Waals surface area contributed by atoms with Crippen molar-refractivity contribution in [3.8, 4) is 5.75 Å². The summed E-state index contributed by atoms with van der Waals surface area (Å²) < 4.78 is 6.69. The molecule has 38 heavy (non-hydrogen) atoms. The van der Waals surface area contributed by atoms with Gasteiger partial charge in [-0.25, -0.2) is 9.59 Å². The number of nitrogens with one attached hydrogen (secondary N) is 1. The van der Waals surface area contributed by atoms with Gasteiger partial charge in [-0.05, 0) is 17.7 Å². The number of hydrogen-bond donors (Lipinski definition) is 1. The van der Waals surface area contributed by atoms with Crippen molar-refractivity contribution in [1.82, 2.24) is 25.2 Å². The highest BCUT2D eigenvalue weighted by atomic mass is 16.8. The summed E-state index contributed by atoms with van der Waals surface area (Å²) in [6, 6.07) is 12.9. The molecular formula is C24H23N7O7. The molecule has 2 amide bonds. The molecule has 14 heteroatoms.